The smallest absolute Gasteiger partial charge is 0.224 e. The monoisotopic (exact) mass is 265 g/mol. The Hall–Kier alpha value is -1.36. The van der Waals surface area contributed by atoms with E-state index in [-0.39, 0.29) is 18.1 Å². The van der Waals surface area contributed by atoms with Crippen molar-refractivity contribution >= 4 is 5.91 Å². The van der Waals surface area contributed by atoms with Gasteiger partial charge in [0, 0.05) is 24.9 Å². The highest BCUT2D eigenvalue weighted by atomic mass is 16.5. The first-order chi connectivity index (χ1) is 8.99. The number of hydrogen-bond acceptors (Lipinski definition) is 3. The number of rotatable bonds is 4. The molecule has 2 atom stereocenters. The molecule has 1 saturated heterocycles. The highest BCUT2D eigenvalue weighted by Crippen LogP contribution is 2.16. The molecule has 1 fully saturated rings. The van der Waals surface area contributed by atoms with E-state index in [2.05, 4.69) is 10.4 Å². The molecule has 0 aromatic carbocycles. The van der Waals surface area contributed by atoms with Gasteiger partial charge in [0.1, 0.15) is 0 Å². The Balaban J connectivity index is 1.93. The zero-order valence-corrected chi connectivity index (χ0v) is 12.2. The maximum atomic E-state index is 12.1. The van der Waals surface area contributed by atoms with Crippen LogP contribution in [0.2, 0.25) is 0 Å². The minimum atomic E-state index is 0.0437. The van der Waals surface area contributed by atoms with Crippen LogP contribution in [0.25, 0.3) is 0 Å². The first-order valence-corrected chi connectivity index (χ1v) is 6.89. The molecule has 1 aliphatic rings. The molecule has 1 aromatic rings. The number of carbonyl (C=O) groups is 1. The van der Waals surface area contributed by atoms with Crippen molar-refractivity contribution < 1.29 is 9.53 Å². The van der Waals surface area contributed by atoms with Gasteiger partial charge in [-0.3, -0.25) is 9.48 Å². The van der Waals surface area contributed by atoms with E-state index < -0.39 is 0 Å². The van der Waals surface area contributed by atoms with Crippen LogP contribution in [0.15, 0.2) is 0 Å². The van der Waals surface area contributed by atoms with Gasteiger partial charge >= 0.3 is 0 Å². The average Bonchev–Trinajstić information content (AvgIpc) is 2.94. The Bertz CT molecular complexity index is 462. The van der Waals surface area contributed by atoms with Gasteiger partial charge in [0.25, 0.3) is 0 Å². The lowest BCUT2D eigenvalue weighted by Crippen LogP contribution is -2.41. The molecule has 0 unspecified atom stereocenters. The predicted molar refractivity (Wildman–Crippen MR) is 73.0 cm³/mol. The van der Waals surface area contributed by atoms with Crippen molar-refractivity contribution in [3.05, 3.63) is 17.0 Å². The number of ether oxygens (including phenoxy) is 1. The minimum Gasteiger partial charge on any atom is -0.376 e. The molecule has 1 aliphatic heterocycles. The van der Waals surface area contributed by atoms with E-state index in [1.165, 1.54) is 0 Å². The van der Waals surface area contributed by atoms with Crippen molar-refractivity contribution in [1.82, 2.24) is 15.1 Å². The van der Waals surface area contributed by atoms with Crippen LogP contribution in [0.1, 0.15) is 36.7 Å². The van der Waals surface area contributed by atoms with Crippen LogP contribution in [0.3, 0.4) is 0 Å². The van der Waals surface area contributed by atoms with Crippen LogP contribution < -0.4 is 5.32 Å². The molecular weight excluding hydrogens is 242 g/mol. The summed E-state index contributed by atoms with van der Waals surface area (Å²) in [6, 6.07) is 0.0762. The van der Waals surface area contributed by atoms with Crippen LogP contribution in [0, 0.1) is 13.8 Å². The maximum Gasteiger partial charge on any atom is 0.224 e. The van der Waals surface area contributed by atoms with Gasteiger partial charge in [0.15, 0.2) is 0 Å². The summed E-state index contributed by atoms with van der Waals surface area (Å²) in [6.45, 7) is 6.76. The second-order valence-corrected chi connectivity index (χ2v) is 5.36. The van der Waals surface area contributed by atoms with E-state index in [1.807, 2.05) is 32.5 Å². The molecule has 1 amide bonds. The standard InChI is InChI=1S/C14H23N3O2/c1-9-12(11(3)17(4)16-9)8-14(18)15-10(2)13-6-5-7-19-13/h10,13H,5-8H2,1-4H3,(H,15,18)/t10-,13+/m1/s1. The van der Waals surface area contributed by atoms with E-state index >= 15 is 0 Å². The first-order valence-electron chi connectivity index (χ1n) is 6.89. The summed E-state index contributed by atoms with van der Waals surface area (Å²) in [5.41, 5.74) is 3.01. The third-order valence-electron chi connectivity index (χ3n) is 3.91. The largest absolute Gasteiger partial charge is 0.376 e. The second-order valence-electron chi connectivity index (χ2n) is 5.36. The zero-order valence-electron chi connectivity index (χ0n) is 12.2. The van der Waals surface area contributed by atoms with E-state index in [0.717, 1.165) is 36.4 Å². The van der Waals surface area contributed by atoms with Gasteiger partial charge in [-0.25, -0.2) is 0 Å². The summed E-state index contributed by atoms with van der Waals surface area (Å²) in [7, 11) is 1.90. The zero-order chi connectivity index (χ0) is 14.0. The summed E-state index contributed by atoms with van der Waals surface area (Å²) >= 11 is 0. The second kappa shape index (κ2) is 5.74. The van der Waals surface area contributed by atoms with Crippen molar-refractivity contribution in [2.75, 3.05) is 6.61 Å². The Kier molecular flexibility index (Phi) is 4.24. The van der Waals surface area contributed by atoms with Gasteiger partial charge in [0.05, 0.1) is 24.3 Å². The van der Waals surface area contributed by atoms with E-state index in [0.29, 0.717) is 6.42 Å². The molecule has 1 N–H and O–H groups in total. The average molecular weight is 265 g/mol. The maximum absolute atomic E-state index is 12.1. The molecule has 5 nitrogen and oxygen atoms in total. The number of nitrogens with zero attached hydrogens (tertiary/aromatic N) is 2. The summed E-state index contributed by atoms with van der Waals surface area (Å²) in [5, 5.41) is 7.37. The molecular formula is C14H23N3O2. The quantitative estimate of drug-likeness (QED) is 0.891. The highest BCUT2D eigenvalue weighted by Gasteiger charge is 2.24. The third kappa shape index (κ3) is 3.15. The SMILES string of the molecule is Cc1nn(C)c(C)c1CC(=O)N[C@H](C)[C@@H]1CCCO1. The number of nitrogens with one attached hydrogen (secondary N) is 1. The van der Waals surface area contributed by atoms with E-state index in [9.17, 15) is 4.79 Å². The Morgan fingerprint density at radius 1 is 1.58 bits per heavy atom. The number of aromatic nitrogens is 2. The van der Waals surface area contributed by atoms with Gasteiger partial charge in [-0.05, 0) is 33.6 Å². The Morgan fingerprint density at radius 3 is 2.84 bits per heavy atom. The van der Waals surface area contributed by atoms with Gasteiger partial charge in [0.2, 0.25) is 5.91 Å². The van der Waals surface area contributed by atoms with Crippen molar-refractivity contribution in [1.29, 1.82) is 0 Å². The summed E-state index contributed by atoms with van der Waals surface area (Å²) < 4.78 is 7.41. The predicted octanol–water partition coefficient (Wildman–Crippen LogP) is 1.26. The summed E-state index contributed by atoms with van der Waals surface area (Å²) in [6.07, 6.45) is 2.68. The van der Waals surface area contributed by atoms with Crippen molar-refractivity contribution in [3.63, 3.8) is 0 Å². The molecule has 2 rings (SSSR count). The topological polar surface area (TPSA) is 56.2 Å². The molecule has 1 aromatic heterocycles. The third-order valence-corrected chi connectivity index (χ3v) is 3.91. The lowest BCUT2D eigenvalue weighted by Gasteiger charge is -2.20. The molecule has 0 spiro atoms. The summed E-state index contributed by atoms with van der Waals surface area (Å²) in [4.78, 5) is 12.1. The van der Waals surface area contributed by atoms with Crippen molar-refractivity contribution in [3.8, 4) is 0 Å². The van der Waals surface area contributed by atoms with Crippen LogP contribution in [-0.4, -0.2) is 34.4 Å². The van der Waals surface area contributed by atoms with E-state index in [1.54, 1.807) is 0 Å². The van der Waals surface area contributed by atoms with Crippen LogP contribution in [0.5, 0.6) is 0 Å². The number of hydrogen-bond donors (Lipinski definition) is 1. The van der Waals surface area contributed by atoms with Crippen molar-refractivity contribution in [2.24, 2.45) is 7.05 Å². The number of carbonyl (C=O) groups excluding carboxylic acids is 1. The fraction of sp³-hybridized carbons (Fsp3) is 0.714. The Morgan fingerprint density at radius 2 is 2.32 bits per heavy atom. The fourth-order valence-corrected chi connectivity index (χ4v) is 2.63. The molecule has 5 heteroatoms. The lowest BCUT2D eigenvalue weighted by molar-refractivity contribution is -0.121. The fourth-order valence-electron chi connectivity index (χ4n) is 2.63. The van der Waals surface area contributed by atoms with Crippen LogP contribution in [-0.2, 0) is 23.0 Å². The Labute approximate surface area is 114 Å². The number of amides is 1. The molecule has 0 bridgehead atoms. The number of aryl methyl sites for hydroxylation is 2. The van der Waals surface area contributed by atoms with Gasteiger partial charge in [-0.2, -0.15) is 5.10 Å². The van der Waals surface area contributed by atoms with Crippen LogP contribution in [0.4, 0.5) is 0 Å². The summed E-state index contributed by atoms with van der Waals surface area (Å²) in [5.74, 6) is 0.0437. The van der Waals surface area contributed by atoms with Crippen LogP contribution >= 0.6 is 0 Å². The van der Waals surface area contributed by atoms with Crippen molar-refractivity contribution in [2.45, 2.75) is 52.2 Å². The molecule has 0 saturated carbocycles. The van der Waals surface area contributed by atoms with E-state index in [4.69, 9.17) is 4.74 Å². The molecule has 19 heavy (non-hydrogen) atoms. The molecule has 106 valence electrons. The van der Waals surface area contributed by atoms with Gasteiger partial charge in [-0.1, -0.05) is 0 Å². The lowest BCUT2D eigenvalue weighted by atomic mass is 10.1. The minimum absolute atomic E-state index is 0.0437. The van der Waals surface area contributed by atoms with Gasteiger partial charge < -0.3 is 10.1 Å². The van der Waals surface area contributed by atoms with Gasteiger partial charge in [-0.15, -0.1) is 0 Å². The highest BCUT2D eigenvalue weighted by molar-refractivity contribution is 5.79. The normalized spacial score (nSPS) is 20.5. The molecule has 0 radical (unpaired) electrons. The molecule has 2 heterocycles. The molecule has 0 aliphatic carbocycles. The first kappa shape index (κ1) is 14.1.